The van der Waals surface area contributed by atoms with Crippen LogP contribution in [0.4, 0.5) is 10.2 Å². The number of benzene rings is 1. The van der Waals surface area contributed by atoms with Gasteiger partial charge in [-0.1, -0.05) is 17.3 Å². The Morgan fingerprint density at radius 1 is 1.45 bits per heavy atom. The van der Waals surface area contributed by atoms with Crippen LogP contribution in [0.3, 0.4) is 0 Å². The van der Waals surface area contributed by atoms with Gasteiger partial charge < -0.3 is 9.84 Å². The van der Waals surface area contributed by atoms with Crippen LogP contribution in [0.1, 0.15) is 23.5 Å². The number of nitrogens with zero attached hydrogens (tertiary/aromatic N) is 1. The average Bonchev–Trinajstić information content (AvgIpc) is 2.82. The van der Waals surface area contributed by atoms with Gasteiger partial charge in [0.15, 0.2) is 5.82 Å². The minimum absolute atomic E-state index is 0.111. The smallest absolute Gasteiger partial charge is 0.235 e. The number of hydrogen-bond donors (Lipinski definition) is 1. The Morgan fingerprint density at radius 3 is 2.75 bits per heavy atom. The van der Waals surface area contributed by atoms with Gasteiger partial charge in [-0.25, -0.2) is 4.39 Å². The number of amides is 1. The number of rotatable bonds is 5. The maximum atomic E-state index is 12.8. The lowest BCUT2D eigenvalue weighted by Gasteiger charge is -2.11. The predicted octanol–water partition coefficient (Wildman–Crippen LogP) is 3.56. The topological polar surface area (TPSA) is 55.1 Å². The molecule has 0 saturated carbocycles. The van der Waals surface area contributed by atoms with Crippen molar-refractivity contribution in [1.29, 1.82) is 0 Å². The van der Waals surface area contributed by atoms with E-state index in [-0.39, 0.29) is 17.0 Å². The molecule has 0 aliphatic carbocycles. The monoisotopic (exact) mass is 294 g/mol. The van der Waals surface area contributed by atoms with E-state index in [0.717, 1.165) is 5.56 Å². The third-order valence-electron chi connectivity index (χ3n) is 2.70. The fourth-order valence-electron chi connectivity index (χ4n) is 1.63. The molecule has 0 saturated heterocycles. The summed E-state index contributed by atoms with van der Waals surface area (Å²) in [6.07, 6.45) is 0. The van der Waals surface area contributed by atoms with Gasteiger partial charge in [0.05, 0.1) is 5.75 Å². The van der Waals surface area contributed by atoms with Gasteiger partial charge in [-0.15, -0.1) is 11.8 Å². The van der Waals surface area contributed by atoms with Crippen molar-refractivity contribution in [2.45, 2.75) is 19.1 Å². The molecule has 0 aliphatic rings. The normalized spacial score (nSPS) is 12.2. The standard InChI is InChI=1S/C14H15FN2O2S/c1-9-7-13(17-19-9)16-14(18)8-20-10(2)11-3-5-12(15)6-4-11/h3-7,10H,8H2,1-2H3,(H,16,17,18)/t10-/m1/s1. The Hall–Kier alpha value is -1.82. The molecule has 2 rings (SSSR count). The molecule has 0 radical (unpaired) electrons. The third-order valence-corrected chi connectivity index (χ3v) is 3.90. The Morgan fingerprint density at radius 2 is 2.15 bits per heavy atom. The highest BCUT2D eigenvalue weighted by molar-refractivity contribution is 8.00. The third kappa shape index (κ3) is 4.09. The minimum atomic E-state index is -0.259. The zero-order valence-corrected chi connectivity index (χ0v) is 12.0. The summed E-state index contributed by atoms with van der Waals surface area (Å²) < 4.78 is 17.7. The molecule has 2 aromatic rings. The fourth-order valence-corrected chi connectivity index (χ4v) is 2.46. The van der Waals surface area contributed by atoms with Gasteiger partial charge >= 0.3 is 0 Å². The van der Waals surface area contributed by atoms with E-state index in [1.54, 1.807) is 25.1 Å². The second-order valence-electron chi connectivity index (χ2n) is 4.38. The second-order valence-corrected chi connectivity index (χ2v) is 5.70. The molecule has 0 spiro atoms. The van der Waals surface area contributed by atoms with Crippen LogP contribution in [0.2, 0.25) is 0 Å². The number of halogens is 1. The Balaban J connectivity index is 1.82. The van der Waals surface area contributed by atoms with Crippen LogP contribution in [-0.2, 0) is 4.79 Å². The Bertz CT molecular complexity index is 583. The highest BCUT2D eigenvalue weighted by Crippen LogP contribution is 2.28. The van der Waals surface area contributed by atoms with E-state index in [2.05, 4.69) is 10.5 Å². The lowest BCUT2D eigenvalue weighted by atomic mass is 10.2. The molecule has 1 aromatic carbocycles. The number of hydrogen-bond acceptors (Lipinski definition) is 4. The molecule has 1 aromatic heterocycles. The zero-order chi connectivity index (χ0) is 14.5. The first-order valence-electron chi connectivity index (χ1n) is 6.15. The van der Waals surface area contributed by atoms with Crippen molar-refractivity contribution in [3.63, 3.8) is 0 Å². The van der Waals surface area contributed by atoms with Gasteiger partial charge in [0.1, 0.15) is 11.6 Å². The van der Waals surface area contributed by atoms with E-state index in [1.165, 1.54) is 23.9 Å². The van der Waals surface area contributed by atoms with E-state index in [9.17, 15) is 9.18 Å². The number of nitrogens with one attached hydrogen (secondary N) is 1. The van der Waals surface area contributed by atoms with Crippen molar-refractivity contribution in [2.24, 2.45) is 0 Å². The molecule has 1 heterocycles. The summed E-state index contributed by atoms with van der Waals surface area (Å²) >= 11 is 1.48. The van der Waals surface area contributed by atoms with Gasteiger partial charge in [0.25, 0.3) is 0 Å². The first kappa shape index (κ1) is 14.6. The molecule has 0 bridgehead atoms. The van der Waals surface area contributed by atoms with Crippen molar-refractivity contribution < 1.29 is 13.7 Å². The quantitative estimate of drug-likeness (QED) is 0.916. The van der Waals surface area contributed by atoms with Crippen molar-refractivity contribution in [3.8, 4) is 0 Å². The first-order chi connectivity index (χ1) is 9.54. The molecule has 0 aliphatic heterocycles. The number of carbonyl (C=O) groups is 1. The van der Waals surface area contributed by atoms with E-state index < -0.39 is 0 Å². The molecule has 0 unspecified atom stereocenters. The number of aromatic nitrogens is 1. The number of aryl methyl sites for hydroxylation is 1. The van der Waals surface area contributed by atoms with Crippen LogP contribution in [0.5, 0.6) is 0 Å². The summed E-state index contributed by atoms with van der Waals surface area (Å²) in [6, 6.07) is 7.96. The molecule has 4 nitrogen and oxygen atoms in total. The molecule has 1 atom stereocenters. The van der Waals surface area contributed by atoms with Gasteiger partial charge in [-0.05, 0) is 31.5 Å². The number of anilines is 1. The van der Waals surface area contributed by atoms with Gasteiger partial charge in [-0.2, -0.15) is 0 Å². The highest BCUT2D eigenvalue weighted by atomic mass is 32.2. The highest BCUT2D eigenvalue weighted by Gasteiger charge is 2.11. The Labute approximate surface area is 120 Å². The summed E-state index contributed by atoms with van der Waals surface area (Å²) in [5.74, 6) is 0.960. The van der Waals surface area contributed by atoms with Gasteiger partial charge in [-0.3, -0.25) is 4.79 Å². The van der Waals surface area contributed by atoms with Crippen LogP contribution >= 0.6 is 11.8 Å². The van der Waals surface area contributed by atoms with Crippen molar-refractivity contribution >= 4 is 23.5 Å². The largest absolute Gasteiger partial charge is 0.360 e. The fraction of sp³-hybridized carbons (Fsp3) is 0.286. The lowest BCUT2D eigenvalue weighted by molar-refractivity contribution is -0.113. The molecule has 1 N–H and O–H groups in total. The van der Waals surface area contributed by atoms with E-state index in [0.29, 0.717) is 17.3 Å². The SMILES string of the molecule is Cc1cc(NC(=O)CS[C@H](C)c2ccc(F)cc2)no1. The minimum Gasteiger partial charge on any atom is -0.360 e. The van der Waals surface area contributed by atoms with Crippen LogP contribution in [-0.4, -0.2) is 16.8 Å². The summed E-state index contributed by atoms with van der Waals surface area (Å²) in [4.78, 5) is 11.7. The van der Waals surface area contributed by atoms with Gasteiger partial charge in [0, 0.05) is 11.3 Å². The van der Waals surface area contributed by atoms with Crippen molar-refractivity contribution in [2.75, 3.05) is 11.1 Å². The average molecular weight is 294 g/mol. The van der Waals surface area contributed by atoms with Crippen LogP contribution in [0.15, 0.2) is 34.9 Å². The van der Waals surface area contributed by atoms with E-state index in [4.69, 9.17) is 4.52 Å². The molecular weight excluding hydrogens is 279 g/mol. The molecule has 20 heavy (non-hydrogen) atoms. The van der Waals surface area contributed by atoms with Gasteiger partial charge in [0.2, 0.25) is 5.91 Å². The second kappa shape index (κ2) is 6.56. The summed E-state index contributed by atoms with van der Waals surface area (Å²) in [6.45, 7) is 3.74. The van der Waals surface area contributed by atoms with Crippen LogP contribution in [0.25, 0.3) is 0 Å². The van der Waals surface area contributed by atoms with E-state index >= 15 is 0 Å². The number of thioether (sulfide) groups is 1. The van der Waals surface area contributed by atoms with Crippen LogP contribution in [0, 0.1) is 12.7 Å². The summed E-state index contributed by atoms with van der Waals surface area (Å²) in [7, 11) is 0. The lowest BCUT2D eigenvalue weighted by Crippen LogP contribution is -2.14. The maximum Gasteiger partial charge on any atom is 0.235 e. The number of carbonyl (C=O) groups excluding carboxylic acids is 1. The van der Waals surface area contributed by atoms with Crippen molar-refractivity contribution in [1.82, 2.24) is 5.16 Å². The van der Waals surface area contributed by atoms with E-state index in [1.807, 2.05) is 6.92 Å². The zero-order valence-electron chi connectivity index (χ0n) is 11.2. The Kier molecular flexibility index (Phi) is 4.79. The summed E-state index contributed by atoms with van der Waals surface area (Å²) in [5.41, 5.74) is 0.987. The van der Waals surface area contributed by atoms with Crippen molar-refractivity contribution in [3.05, 3.63) is 47.5 Å². The summed E-state index contributed by atoms with van der Waals surface area (Å²) in [5, 5.41) is 6.46. The maximum absolute atomic E-state index is 12.8. The molecule has 1 amide bonds. The molecule has 106 valence electrons. The molecular formula is C14H15FN2O2S. The first-order valence-corrected chi connectivity index (χ1v) is 7.19. The molecule has 0 fully saturated rings. The van der Waals surface area contributed by atoms with Crippen LogP contribution < -0.4 is 5.32 Å². The predicted molar refractivity (Wildman–Crippen MR) is 77.1 cm³/mol. The molecule has 6 heteroatoms.